The molecule has 1 aliphatic carbocycles. The molecular weight excluding hydrogens is 398 g/mol. The lowest BCUT2D eigenvalue weighted by atomic mass is 9.87. The van der Waals surface area contributed by atoms with Gasteiger partial charge in [-0.2, -0.15) is 0 Å². The summed E-state index contributed by atoms with van der Waals surface area (Å²) in [7, 11) is 0. The average molecular weight is 434 g/mol. The molecule has 2 aliphatic rings. The molecule has 3 amide bonds. The van der Waals surface area contributed by atoms with Crippen LogP contribution in [0.1, 0.15) is 69.0 Å². The number of carbonyl (C=O) groups excluding carboxylic acids is 3. The van der Waals surface area contributed by atoms with Crippen LogP contribution in [0.2, 0.25) is 0 Å². The average Bonchev–Trinajstić information content (AvgIpc) is 3.45. The van der Waals surface area contributed by atoms with Crippen LogP contribution in [0.3, 0.4) is 0 Å². The van der Waals surface area contributed by atoms with E-state index in [2.05, 4.69) is 24.5 Å². The van der Waals surface area contributed by atoms with Crippen molar-refractivity contribution in [3.8, 4) is 0 Å². The van der Waals surface area contributed by atoms with Crippen LogP contribution in [0.25, 0.3) is 0 Å². The Labute approximate surface area is 183 Å². The first-order chi connectivity index (χ1) is 14.4. The van der Waals surface area contributed by atoms with Crippen molar-refractivity contribution in [3.63, 3.8) is 0 Å². The number of piperidine rings is 1. The van der Waals surface area contributed by atoms with E-state index < -0.39 is 6.04 Å². The molecule has 1 aliphatic heterocycles. The minimum absolute atomic E-state index is 0.0286. The molecule has 166 valence electrons. The summed E-state index contributed by atoms with van der Waals surface area (Å²) in [5.74, 6) is 0.483. The van der Waals surface area contributed by atoms with Gasteiger partial charge in [-0.25, -0.2) is 0 Å². The minimum atomic E-state index is -0.579. The number of nitrogens with zero attached hydrogens (tertiary/aromatic N) is 1. The third-order valence-electron chi connectivity index (χ3n) is 6.71. The molecule has 1 aromatic rings. The molecule has 3 rings (SSSR count). The maximum Gasteiger partial charge on any atom is 0.262 e. The van der Waals surface area contributed by atoms with E-state index in [1.54, 1.807) is 6.07 Å². The summed E-state index contributed by atoms with van der Waals surface area (Å²) in [6.07, 6.45) is 5.78. The lowest BCUT2D eigenvalue weighted by Gasteiger charge is -2.37. The van der Waals surface area contributed by atoms with Gasteiger partial charge in [0.05, 0.1) is 4.88 Å². The number of nitrogens with one attached hydrogen (secondary N) is 2. The van der Waals surface area contributed by atoms with E-state index >= 15 is 0 Å². The maximum absolute atomic E-state index is 13.1. The Bertz CT molecular complexity index is 720. The zero-order valence-corrected chi connectivity index (χ0v) is 19.2. The standard InChI is InChI=1S/C23H35N3O3S/c1-15(2)16(3)24-22(28)20(25-21(27)19-9-6-14-30-19)17-10-12-26(13-11-17)23(29)18-7-4-5-8-18/h6,9,14-18,20H,4-5,7-8,10-13H2,1-3H3,(H,24,28)(H,25,27)/t16-,20+/m1/s1. The van der Waals surface area contributed by atoms with E-state index in [4.69, 9.17) is 0 Å². The quantitative estimate of drug-likeness (QED) is 0.691. The van der Waals surface area contributed by atoms with E-state index in [9.17, 15) is 14.4 Å². The fraction of sp³-hybridized carbons (Fsp3) is 0.696. The summed E-state index contributed by atoms with van der Waals surface area (Å²) >= 11 is 1.37. The second kappa shape index (κ2) is 10.4. The SMILES string of the molecule is CC(C)[C@@H](C)NC(=O)[C@@H](NC(=O)c1cccs1)C1CCN(C(=O)C2CCCC2)CC1. The molecule has 2 atom stereocenters. The third kappa shape index (κ3) is 5.62. The Balaban J connectivity index is 1.64. The van der Waals surface area contributed by atoms with Gasteiger partial charge in [-0.1, -0.05) is 32.8 Å². The normalized spacial score (nSPS) is 20.2. The number of carbonyl (C=O) groups is 3. The number of hydrogen-bond acceptors (Lipinski definition) is 4. The molecule has 30 heavy (non-hydrogen) atoms. The predicted octanol–water partition coefficient (Wildman–Crippen LogP) is 3.44. The molecular formula is C23H35N3O3S. The van der Waals surface area contributed by atoms with Crippen LogP contribution in [0, 0.1) is 17.8 Å². The highest BCUT2D eigenvalue weighted by molar-refractivity contribution is 7.12. The molecule has 7 heteroatoms. The van der Waals surface area contributed by atoms with Crippen molar-refractivity contribution in [3.05, 3.63) is 22.4 Å². The molecule has 6 nitrogen and oxygen atoms in total. The van der Waals surface area contributed by atoms with E-state index in [0.29, 0.717) is 23.9 Å². The first-order valence-electron chi connectivity index (χ1n) is 11.3. The van der Waals surface area contributed by atoms with Crippen molar-refractivity contribution in [1.82, 2.24) is 15.5 Å². The summed E-state index contributed by atoms with van der Waals surface area (Å²) in [4.78, 5) is 41.1. The second-order valence-corrected chi connectivity index (χ2v) is 10.1. The molecule has 0 radical (unpaired) electrons. The fourth-order valence-electron chi connectivity index (χ4n) is 4.38. The Morgan fingerprint density at radius 2 is 1.70 bits per heavy atom. The van der Waals surface area contributed by atoms with Gasteiger partial charge in [0.1, 0.15) is 6.04 Å². The van der Waals surface area contributed by atoms with Crippen molar-refractivity contribution in [2.45, 2.75) is 71.4 Å². The largest absolute Gasteiger partial charge is 0.352 e. The summed E-state index contributed by atoms with van der Waals surface area (Å²) in [6, 6.07) is 3.06. The number of rotatable bonds is 7. The van der Waals surface area contributed by atoms with Gasteiger partial charge < -0.3 is 15.5 Å². The first-order valence-corrected chi connectivity index (χ1v) is 12.2. The van der Waals surface area contributed by atoms with Crippen LogP contribution >= 0.6 is 11.3 Å². The topological polar surface area (TPSA) is 78.5 Å². The summed E-state index contributed by atoms with van der Waals surface area (Å²) in [6.45, 7) is 7.45. The lowest BCUT2D eigenvalue weighted by molar-refractivity contribution is -0.137. The molecule has 0 bridgehead atoms. The van der Waals surface area contributed by atoms with Crippen molar-refractivity contribution in [1.29, 1.82) is 0 Å². The van der Waals surface area contributed by atoms with Crippen LogP contribution in [0.4, 0.5) is 0 Å². The Kier molecular flexibility index (Phi) is 7.92. The monoisotopic (exact) mass is 433 g/mol. The molecule has 2 fully saturated rings. The van der Waals surface area contributed by atoms with Crippen LogP contribution in [-0.4, -0.2) is 47.8 Å². The van der Waals surface area contributed by atoms with E-state index in [-0.39, 0.29) is 35.6 Å². The minimum Gasteiger partial charge on any atom is -0.352 e. The van der Waals surface area contributed by atoms with Gasteiger partial charge in [-0.05, 0) is 55.9 Å². The molecule has 1 saturated carbocycles. The fourth-order valence-corrected chi connectivity index (χ4v) is 5.01. The zero-order chi connectivity index (χ0) is 21.7. The highest BCUT2D eigenvalue weighted by Crippen LogP contribution is 2.29. The highest BCUT2D eigenvalue weighted by Gasteiger charge is 2.36. The number of amides is 3. The van der Waals surface area contributed by atoms with Gasteiger partial charge in [-0.3, -0.25) is 14.4 Å². The Hall–Kier alpha value is -1.89. The van der Waals surface area contributed by atoms with Crippen LogP contribution in [0.5, 0.6) is 0 Å². The molecule has 0 unspecified atom stereocenters. The first kappa shape index (κ1) is 22.8. The molecule has 1 saturated heterocycles. The Morgan fingerprint density at radius 1 is 1.03 bits per heavy atom. The van der Waals surface area contributed by atoms with E-state index in [1.807, 2.05) is 23.3 Å². The van der Waals surface area contributed by atoms with Gasteiger partial charge in [0.15, 0.2) is 0 Å². The predicted molar refractivity (Wildman–Crippen MR) is 119 cm³/mol. The second-order valence-electron chi connectivity index (χ2n) is 9.11. The van der Waals surface area contributed by atoms with Crippen LogP contribution in [-0.2, 0) is 9.59 Å². The number of hydrogen-bond donors (Lipinski definition) is 2. The summed E-state index contributed by atoms with van der Waals surface area (Å²) in [5.41, 5.74) is 0. The van der Waals surface area contributed by atoms with Crippen molar-refractivity contribution in [2.75, 3.05) is 13.1 Å². The van der Waals surface area contributed by atoms with Gasteiger partial charge >= 0.3 is 0 Å². The van der Waals surface area contributed by atoms with Gasteiger partial charge in [0, 0.05) is 25.0 Å². The van der Waals surface area contributed by atoms with Crippen molar-refractivity contribution < 1.29 is 14.4 Å². The zero-order valence-electron chi connectivity index (χ0n) is 18.4. The maximum atomic E-state index is 13.1. The smallest absolute Gasteiger partial charge is 0.262 e. The Morgan fingerprint density at radius 3 is 2.27 bits per heavy atom. The van der Waals surface area contributed by atoms with Gasteiger partial charge in [-0.15, -0.1) is 11.3 Å². The molecule has 0 spiro atoms. The van der Waals surface area contributed by atoms with Crippen molar-refractivity contribution in [2.24, 2.45) is 17.8 Å². The van der Waals surface area contributed by atoms with Gasteiger partial charge in [0.25, 0.3) is 5.91 Å². The van der Waals surface area contributed by atoms with Crippen LogP contribution < -0.4 is 10.6 Å². The highest BCUT2D eigenvalue weighted by atomic mass is 32.1. The summed E-state index contributed by atoms with van der Waals surface area (Å²) in [5, 5.41) is 7.92. The third-order valence-corrected chi connectivity index (χ3v) is 7.58. The van der Waals surface area contributed by atoms with Crippen molar-refractivity contribution >= 4 is 29.1 Å². The van der Waals surface area contributed by atoms with Gasteiger partial charge in [0.2, 0.25) is 11.8 Å². The summed E-state index contributed by atoms with van der Waals surface area (Å²) < 4.78 is 0. The molecule has 0 aromatic carbocycles. The number of likely N-dealkylation sites (tertiary alicyclic amines) is 1. The van der Waals surface area contributed by atoms with E-state index in [0.717, 1.165) is 38.5 Å². The van der Waals surface area contributed by atoms with E-state index in [1.165, 1.54) is 11.3 Å². The van der Waals surface area contributed by atoms with Crippen LogP contribution in [0.15, 0.2) is 17.5 Å². The molecule has 1 aromatic heterocycles. The number of thiophene rings is 1. The molecule has 2 N–H and O–H groups in total. The molecule has 2 heterocycles. The lowest BCUT2D eigenvalue weighted by Crippen LogP contribution is -2.55.